The van der Waals surface area contributed by atoms with Gasteiger partial charge in [-0.2, -0.15) is 8.42 Å². The Hall–Kier alpha value is -0.740. The van der Waals surface area contributed by atoms with Crippen molar-refractivity contribution in [3.8, 4) is 0 Å². The van der Waals surface area contributed by atoms with Gasteiger partial charge in [-0.3, -0.25) is 23.8 Å². The number of carbonyl (C=O) groups excluding carboxylic acids is 3. The van der Waals surface area contributed by atoms with Crippen molar-refractivity contribution in [3.63, 3.8) is 0 Å². The van der Waals surface area contributed by atoms with E-state index in [0.29, 0.717) is 32.2 Å². The molecule has 118 valence electrons. The second-order valence-corrected chi connectivity index (χ2v) is 6.19. The van der Waals surface area contributed by atoms with Crippen LogP contribution in [0.3, 0.4) is 0 Å². The monoisotopic (exact) mass is 341 g/mol. The van der Waals surface area contributed by atoms with Crippen LogP contribution in [-0.2, 0) is 29.0 Å². The maximum absolute atomic E-state index is 11.5. The quantitative estimate of drug-likeness (QED) is 0.333. The van der Waals surface area contributed by atoms with Gasteiger partial charge in [-0.25, -0.2) is 0 Å². The summed E-state index contributed by atoms with van der Waals surface area (Å²) in [5, 5.41) is 0. The maximum Gasteiger partial charge on any atom is 1.00 e. The minimum Gasteiger partial charge on any atom is -1.00 e. The van der Waals surface area contributed by atoms with Gasteiger partial charge in [0.05, 0.1) is 5.92 Å². The van der Waals surface area contributed by atoms with Crippen LogP contribution in [0.1, 0.15) is 27.1 Å². The summed E-state index contributed by atoms with van der Waals surface area (Å²) >= 11 is 0. The van der Waals surface area contributed by atoms with E-state index in [9.17, 15) is 22.8 Å². The van der Waals surface area contributed by atoms with E-state index in [1.165, 1.54) is 12.2 Å². The van der Waals surface area contributed by atoms with E-state index in [2.05, 4.69) is 4.18 Å². The molecule has 22 heavy (non-hydrogen) atoms. The van der Waals surface area contributed by atoms with Crippen molar-refractivity contribution in [2.45, 2.75) is 25.7 Å². The molecule has 0 aromatic rings. The molecule has 0 atom stereocenters. The number of imide groups is 1. The zero-order valence-corrected chi connectivity index (χ0v) is 14.9. The second-order valence-electron chi connectivity index (χ2n) is 5.17. The fourth-order valence-electron chi connectivity index (χ4n) is 2.62. The molecule has 1 N–H and O–H groups in total. The zero-order valence-electron chi connectivity index (χ0n) is 13.1. The van der Waals surface area contributed by atoms with Crippen molar-refractivity contribution >= 4 is 28.2 Å². The fraction of sp³-hybridized carbons (Fsp3) is 0.583. The first-order valence-electron chi connectivity index (χ1n) is 6.50. The molecule has 1 saturated carbocycles. The molecule has 0 aromatic carbocycles. The largest absolute Gasteiger partial charge is 1.00 e. The number of hydrogen-bond acceptors (Lipinski definition) is 6. The van der Waals surface area contributed by atoms with E-state index in [1.54, 1.807) is 0 Å². The SMILES string of the molecule is O=C(OS(=O)(=O)O)C1CCC(CN2C(=O)C=CC2=O)CC1.[H-].[Na+]. The molecule has 0 radical (unpaired) electrons. The van der Waals surface area contributed by atoms with E-state index in [0.717, 1.165) is 4.90 Å². The third-order valence-electron chi connectivity index (χ3n) is 3.71. The van der Waals surface area contributed by atoms with Crippen LogP contribution in [0.15, 0.2) is 12.2 Å². The first-order chi connectivity index (χ1) is 9.76. The Kier molecular flexibility index (Phi) is 6.75. The molecule has 8 nitrogen and oxygen atoms in total. The molecule has 0 aromatic heterocycles. The molecule has 0 bridgehead atoms. The molecule has 2 rings (SSSR count). The predicted octanol–water partition coefficient (Wildman–Crippen LogP) is -2.82. The van der Waals surface area contributed by atoms with E-state index in [-0.39, 0.29) is 48.7 Å². The van der Waals surface area contributed by atoms with Crippen LogP contribution in [0.2, 0.25) is 0 Å². The molecule has 0 saturated heterocycles. The molecule has 1 heterocycles. The third kappa shape index (κ3) is 5.17. The molecule has 2 aliphatic rings. The number of hydrogen-bond donors (Lipinski definition) is 1. The van der Waals surface area contributed by atoms with Crippen LogP contribution in [-0.4, -0.2) is 42.2 Å². The number of nitrogens with zero attached hydrogens (tertiary/aromatic N) is 1. The van der Waals surface area contributed by atoms with Crippen LogP contribution in [0.4, 0.5) is 0 Å². The topological polar surface area (TPSA) is 118 Å². The van der Waals surface area contributed by atoms with Gasteiger partial charge >= 0.3 is 45.9 Å². The summed E-state index contributed by atoms with van der Waals surface area (Å²) in [6.45, 7) is 0.296. The molecule has 1 aliphatic heterocycles. The summed E-state index contributed by atoms with van der Waals surface area (Å²) < 4.78 is 33.3. The van der Waals surface area contributed by atoms with Crippen LogP contribution in [0, 0.1) is 11.8 Å². The Labute approximate surface area is 151 Å². The Morgan fingerprint density at radius 1 is 1.23 bits per heavy atom. The minimum absolute atomic E-state index is 0. The normalized spacial score (nSPS) is 25.0. The van der Waals surface area contributed by atoms with E-state index >= 15 is 0 Å². The zero-order chi connectivity index (χ0) is 15.6. The van der Waals surface area contributed by atoms with Gasteiger partial charge in [-0.1, -0.05) is 0 Å². The van der Waals surface area contributed by atoms with Crippen LogP contribution in [0.25, 0.3) is 0 Å². The van der Waals surface area contributed by atoms with Gasteiger partial charge in [-0.05, 0) is 31.6 Å². The number of carbonyl (C=O) groups is 3. The van der Waals surface area contributed by atoms with Gasteiger partial charge in [0.1, 0.15) is 0 Å². The van der Waals surface area contributed by atoms with Crippen molar-refractivity contribution in [1.82, 2.24) is 4.90 Å². The van der Waals surface area contributed by atoms with Crippen molar-refractivity contribution in [2.75, 3.05) is 6.54 Å². The Morgan fingerprint density at radius 3 is 2.18 bits per heavy atom. The molecule has 0 spiro atoms. The maximum atomic E-state index is 11.5. The van der Waals surface area contributed by atoms with Gasteiger partial charge in [0.15, 0.2) is 0 Å². The molecule has 10 heteroatoms. The summed E-state index contributed by atoms with van der Waals surface area (Å²) in [6.07, 6.45) is 4.37. The van der Waals surface area contributed by atoms with Gasteiger partial charge in [-0.15, -0.1) is 0 Å². The van der Waals surface area contributed by atoms with Crippen molar-refractivity contribution in [3.05, 3.63) is 12.2 Å². The molecule has 2 amide bonds. The Morgan fingerprint density at radius 2 is 1.73 bits per heavy atom. The van der Waals surface area contributed by atoms with Crippen LogP contribution >= 0.6 is 0 Å². The van der Waals surface area contributed by atoms with Gasteiger partial charge in [0.25, 0.3) is 11.8 Å². The third-order valence-corrected chi connectivity index (χ3v) is 4.08. The van der Waals surface area contributed by atoms with E-state index in [4.69, 9.17) is 4.55 Å². The molecular weight excluding hydrogens is 325 g/mol. The minimum atomic E-state index is -4.77. The van der Waals surface area contributed by atoms with E-state index in [1.807, 2.05) is 0 Å². The van der Waals surface area contributed by atoms with Crippen molar-refractivity contribution in [2.24, 2.45) is 11.8 Å². The summed E-state index contributed by atoms with van der Waals surface area (Å²) in [5.74, 6) is -2.16. The summed E-state index contributed by atoms with van der Waals surface area (Å²) in [7, 11) is -4.77. The standard InChI is InChI=1S/C12H15NO7S.Na.H/c14-10-5-6-11(15)13(10)7-8-1-3-9(4-2-8)12(16)20-21(17,18)19;;/h5-6,8-9H,1-4,7H2,(H,17,18,19);;/q;+1;-1. The average molecular weight is 341 g/mol. The average Bonchev–Trinajstić information content (AvgIpc) is 2.69. The second kappa shape index (κ2) is 7.69. The molecule has 1 fully saturated rings. The number of rotatable bonds is 4. The van der Waals surface area contributed by atoms with Gasteiger partial charge < -0.3 is 5.61 Å². The predicted molar refractivity (Wildman–Crippen MR) is 70.1 cm³/mol. The Balaban J connectivity index is 0.00000242. The number of amides is 2. The molecular formula is C12H16NNaO7S. The summed E-state index contributed by atoms with van der Waals surface area (Å²) in [6, 6.07) is 0. The molecule has 0 unspecified atom stereocenters. The molecule has 1 aliphatic carbocycles. The fourth-order valence-corrected chi connectivity index (χ4v) is 2.97. The Bertz CT molecular complexity index is 581. The van der Waals surface area contributed by atoms with Gasteiger partial charge in [0, 0.05) is 18.7 Å². The van der Waals surface area contributed by atoms with Crippen molar-refractivity contribution < 1.29 is 62.5 Å². The first-order valence-corrected chi connectivity index (χ1v) is 7.87. The first kappa shape index (κ1) is 19.3. The smallest absolute Gasteiger partial charge is 1.00 e. The summed E-state index contributed by atoms with van der Waals surface area (Å²) in [4.78, 5) is 35.5. The van der Waals surface area contributed by atoms with Gasteiger partial charge in [0.2, 0.25) is 0 Å². The van der Waals surface area contributed by atoms with E-state index < -0.39 is 22.3 Å². The van der Waals surface area contributed by atoms with Crippen LogP contribution < -0.4 is 29.6 Å². The van der Waals surface area contributed by atoms with Crippen LogP contribution in [0.5, 0.6) is 0 Å². The van der Waals surface area contributed by atoms with Crippen molar-refractivity contribution in [1.29, 1.82) is 0 Å². The summed E-state index contributed by atoms with van der Waals surface area (Å²) in [5.41, 5.74) is 0.